The summed E-state index contributed by atoms with van der Waals surface area (Å²) in [6, 6.07) is 0. The van der Waals surface area contributed by atoms with Crippen molar-refractivity contribution in [3.05, 3.63) is 15.2 Å². The van der Waals surface area contributed by atoms with Crippen LogP contribution in [0.3, 0.4) is 0 Å². The Kier molecular flexibility index (Phi) is 6.17. The predicted octanol–water partition coefficient (Wildman–Crippen LogP) is 4.62. The number of hydrogen-bond donors (Lipinski definition) is 0. The summed E-state index contributed by atoms with van der Waals surface area (Å²) in [5.74, 6) is 0.593. The van der Waals surface area contributed by atoms with Gasteiger partial charge in [-0.1, -0.05) is 48.7 Å². The summed E-state index contributed by atoms with van der Waals surface area (Å²) in [6.45, 7) is 4.99. The van der Waals surface area contributed by atoms with Crippen LogP contribution in [-0.2, 0) is 0 Å². The summed E-state index contributed by atoms with van der Waals surface area (Å²) < 4.78 is 10.8. The molecule has 0 aliphatic heterocycles. The molecule has 1 heterocycles. The predicted molar refractivity (Wildman–Crippen MR) is 70.8 cm³/mol. The molecule has 3 nitrogen and oxygen atoms in total. The summed E-state index contributed by atoms with van der Waals surface area (Å²) in [6.07, 6.45) is 1.70. The van der Waals surface area contributed by atoms with E-state index < -0.39 is 0 Å². The van der Waals surface area contributed by atoms with Gasteiger partial charge in [-0.15, -0.1) is 0 Å². The molecule has 0 fully saturated rings. The van der Waals surface area contributed by atoms with Crippen molar-refractivity contribution in [1.82, 2.24) is 4.98 Å². The van der Waals surface area contributed by atoms with Gasteiger partial charge in [0.25, 0.3) is 0 Å². The first-order valence-electron chi connectivity index (χ1n) is 5.41. The van der Waals surface area contributed by atoms with E-state index in [0.29, 0.717) is 19.0 Å². The van der Waals surface area contributed by atoms with Gasteiger partial charge in [-0.3, -0.25) is 0 Å². The zero-order valence-electron chi connectivity index (χ0n) is 9.73. The lowest BCUT2D eigenvalue weighted by molar-refractivity contribution is 0.293. The van der Waals surface area contributed by atoms with Crippen LogP contribution in [0.5, 0.6) is 11.6 Å². The molecular formula is C11H14Cl3NO2. The average molecular weight is 299 g/mol. The highest BCUT2D eigenvalue weighted by Gasteiger charge is 2.18. The molecule has 0 amide bonds. The topological polar surface area (TPSA) is 31.4 Å². The van der Waals surface area contributed by atoms with Crippen LogP contribution >= 0.6 is 34.8 Å². The second-order valence-corrected chi connectivity index (χ2v) is 4.48. The number of hydrogen-bond acceptors (Lipinski definition) is 3. The smallest absolute Gasteiger partial charge is 0.238 e. The zero-order chi connectivity index (χ0) is 12.8. The van der Waals surface area contributed by atoms with Crippen molar-refractivity contribution in [3.63, 3.8) is 0 Å². The molecule has 0 aliphatic carbocycles. The van der Waals surface area contributed by atoms with Crippen LogP contribution in [0.1, 0.15) is 26.7 Å². The van der Waals surface area contributed by atoms with Crippen molar-refractivity contribution in [2.24, 2.45) is 0 Å². The van der Waals surface area contributed by atoms with Crippen LogP contribution in [-0.4, -0.2) is 18.2 Å². The highest BCUT2D eigenvalue weighted by Crippen LogP contribution is 2.42. The molecule has 0 bridgehead atoms. The van der Waals surface area contributed by atoms with E-state index in [2.05, 4.69) is 4.98 Å². The monoisotopic (exact) mass is 297 g/mol. The number of pyridine rings is 1. The fraction of sp³-hybridized carbons (Fsp3) is 0.545. The van der Waals surface area contributed by atoms with Gasteiger partial charge in [-0.25, -0.2) is 0 Å². The minimum atomic E-state index is 0.133. The fourth-order valence-electron chi connectivity index (χ4n) is 1.10. The van der Waals surface area contributed by atoms with Crippen LogP contribution in [0.4, 0.5) is 0 Å². The number of aromatic nitrogens is 1. The average Bonchev–Trinajstić information content (AvgIpc) is 2.32. The summed E-state index contributed by atoms with van der Waals surface area (Å²) in [5.41, 5.74) is 0. The van der Waals surface area contributed by atoms with Crippen molar-refractivity contribution >= 4 is 34.8 Å². The molecule has 96 valence electrons. The Bertz CT molecular complexity index is 385. The summed E-state index contributed by atoms with van der Waals surface area (Å²) in [7, 11) is 0. The third-order valence-electron chi connectivity index (χ3n) is 1.86. The summed E-state index contributed by atoms with van der Waals surface area (Å²) >= 11 is 18.0. The van der Waals surface area contributed by atoms with Gasteiger partial charge in [-0.2, -0.15) is 4.98 Å². The van der Waals surface area contributed by atoms with E-state index in [-0.39, 0.29) is 21.1 Å². The van der Waals surface area contributed by atoms with Crippen LogP contribution in [0.15, 0.2) is 0 Å². The zero-order valence-corrected chi connectivity index (χ0v) is 12.0. The molecule has 6 heteroatoms. The molecule has 1 aromatic rings. The van der Waals surface area contributed by atoms with Crippen molar-refractivity contribution in [3.8, 4) is 11.6 Å². The van der Waals surface area contributed by atoms with E-state index >= 15 is 0 Å². The molecule has 0 atom stereocenters. The van der Waals surface area contributed by atoms with Crippen molar-refractivity contribution < 1.29 is 9.47 Å². The molecule has 0 spiro atoms. The van der Waals surface area contributed by atoms with Gasteiger partial charge in [0.2, 0.25) is 5.88 Å². The van der Waals surface area contributed by atoms with Crippen molar-refractivity contribution in [1.29, 1.82) is 0 Å². The Balaban J connectivity index is 3.04. The number of nitrogens with zero attached hydrogens (tertiary/aromatic N) is 1. The minimum Gasteiger partial charge on any atom is -0.490 e. The molecule has 17 heavy (non-hydrogen) atoms. The van der Waals surface area contributed by atoms with Crippen LogP contribution < -0.4 is 9.47 Å². The van der Waals surface area contributed by atoms with E-state index in [0.717, 1.165) is 12.8 Å². The molecular weight excluding hydrogens is 284 g/mol. The maximum absolute atomic E-state index is 6.10. The van der Waals surface area contributed by atoms with E-state index in [9.17, 15) is 0 Å². The maximum Gasteiger partial charge on any atom is 0.238 e. The van der Waals surface area contributed by atoms with Crippen molar-refractivity contribution in [2.45, 2.75) is 26.7 Å². The SMILES string of the molecule is CCCOc1nc(Cl)c(Cl)c(OCCC)c1Cl. The molecule has 0 aromatic carbocycles. The molecule has 0 unspecified atom stereocenters. The van der Waals surface area contributed by atoms with E-state index in [1.54, 1.807) is 0 Å². The second-order valence-electron chi connectivity index (χ2n) is 3.36. The third-order valence-corrected chi connectivity index (χ3v) is 2.91. The Morgan fingerprint density at radius 1 is 0.941 bits per heavy atom. The highest BCUT2D eigenvalue weighted by molar-refractivity contribution is 6.44. The first kappa shape index (κ1) is 14.7. The normalized spacial score (nSPS) is 10.4. The number of ether oxygens (including phenoxy) is 2. The third kappa shape index (κ3) is 3.80. The lowest BCUT2D eigenvalue weighted by Gasteiger charge is -2.13. The van der Waals surface area contributed by atoms with Crippen LogP contribution in [0, 0.1) is 0 Å². The molecule has 0 radical (unpaired) electrons. The minimum absolute atomic E-state index is 0.133. The molecule has 0 saturated carbocycles. The van der Waals surface area contributed by atoms with Gasteiger partial charge >= 0.3 is 0 Å². The molecule has 0 saturated heterocycles. The Labute approximate surface area is 116 Å². The first-order chi connectivity index (χ1) is 8.11. The summed E-state index contributed by atoms with van der Waals surface area (Å²) in [4.78, 5) is 3.98. The molecule has 0 N–H and O–H groups in total. The molecule has 0 aliphatic rings. The quantitative estimate of drug-likeness (QED) is 0.718. The van der Waals surface area contributed by atoms with Gasteiger partial charge in [0.05, 0.1) is 13.2 Å². The Morgan fingerprint density at radius 2 is 1.53 bits per heavy atom. The van der Waals surface area contributed by atoms with Gasteiger partial charge in [-0.05, 0) is 12.8 Å². The van der Waals surface area contributed by atoms with Gasteiger partial charge in [0, 0.05) is 0 Å². The van der Waals surface area contributed by atoms with E-state index in [1.807, 2.05) is 13.8 Å². The molecule has 1 aromatic heterocycles. The Hall–Kier alpha value is -0.380. The largest absolute Gasteiger partial charge is 0.490 e. The Morgan fingerprint density at radius 3 is 2.12 bits per heavy atom. The first-order valence-corrected chi connectivity index (χ1v) is 6.55. The number of halogens is 3. The van der Waals surface area contributed by atoms with E-state index in [1.165, 1.54) is 0 Å². The number of rotatable bonds is 6. The fourth-order valence-corrected chi connectivity index (χ4v) is 1.75. The van der Waals surface area contributed by atoms with Crippen LogP contribution in [0.2, 0.25) is 15.2 Å². The lowest BCUT2D eigenvalue weighted by Crippen LogP contribution is -2.02. The van der Waals surface area contributed by atoms with Crippen molar-refractivity contribution in [2.75, 3.05) is 13.2 Å². The maximum atomic E-state index is 6.10. The summed E-state index contributed by atoms with van der Waals surface area (Å²) in [5, 5.41) is 0.614. The second kappa shape index (κ2) is 7.14. The van der Waals surface area contributed by atoms with Gasteiger partial charge in [0.15, 0.2) is 10.9 Å². The highest BCUT2D eigenvalue weighted by atomic mass is 35.5. The van der Waals surface area contributed by atoms with Crippen LogP contribution in [0.25, 0.3) is 0 Å². The van der Waals surface area contributed by atoms with E-state index in [4.69, 9.17) is 44.3 Å². The van der Waals surface area contributed by atoms with Gasteiger partial charge < -0.3 is 9.47 Å². The van der Waals surface area contributed by atoms with Gasteiger partial charge in [0.1, 0.15) is 10.0 Å². The standard InChI is InChI=1S/C11H14Cl3NO2/c1-3-5-16-9-7(12)10(14)15-11(8(9)13)17-6-4-2/h3-6H2,1-2H3. The lowest BCUT2D eigenvalue weighted by atomic mass is 10.4. The molecule has 1 rings (SSSR count).